The number of carbonyl (C=O) groups is 2. The fourth-order valence-electron chi connectivity index (χ4n) is 3.02. The zero-order valence-corrected chi connectivity index (χ0v) is 18.4. The highest BCUT2D eigenvalue weighted by atomic mass is 32.2. The number of nitrogens with one attached hydrogen (secondary N) is 2. The number of nitrogens with zero attached hydrogens (tertiary/aromatic N) is 2. The molecular formula is C20H20N4O5S2. The van der Waals surface area contributed by atoms with Crippen molar-refractivity contribution in [1.29, 1.82) is 0 Å². The lowest BCUT2D eigenvalue weighted by atomic mass is 9.98. The van der Waals surface area contributed by atoms with Gasteiger partial charge in [0.2, 0.25) is 11.8 Å². The maximum absolute atomic E-state index is 12.5. The number of thiophene rings is 1. The largest absolute Gasteiger partial charge is 0.337 e. The fraction of sp³-hybridized carbons (Fsp3) is 0.250. The average molecular weight is 461 g/mol. The summed E-state index contributed by atoms with van der Waals surface area (Å²) in [6.45, 7) is 4.13. The molecule has 0 radical (unpaired) electrons. The Labute approximate surface area is 183 Å². The molecule has 9 nitrogen and oxygen atoms in total. The maximum Gasteiger partial charge on any atom is 0.264 e. The second-order valence-corrected chi connectivity index (χ2v) is 9.86. The van der Waals surface area contributed by atoms with Crippen molar-refractivity contribution >= 4 is 44.7 Å². The van der Waals surface area contributed by atoms with Crippen LogP contribution in [0.4, 0.5) is 11.6 Å². The minimum Gasteiger partial charge on any atom is -0.337 e. The molecule has 2 N–H and O–H groups in total. The normalized spacial score (nSPS) is 14.2. The molecule has 31 heavy (non-hydrogen) atoms. The molecule has 0 unspecified atom stereocenters. The Morgan fingerprint density at radius 1 is 1.16 bits per heavy atom. The number of amides is 2. The minimum absolute atomic E-state index is 0.0234. The molecule has 1 aromatic carbocycles. The van der Waals surface area contributed by atoms with E-state index in [9.17, 15) is 18.0 Å². The number of aromatic nitrogens is 1. The number of anilines is 2. The first-order valence-electron chi connectivity index (χ1n) is 9.44. The highest BCUT2D eigenvalue weighted by Crippen LogP contribution is 2.24. The molecule has 0 spiro atoms. The zero-order chi connectivity index (χ0) is 22.2. The summed E-state index contributed by atoms with van der Waals surface area (Å²) in [5.74, 6) is -0.511. The average Bonchev–Trinajstić information content (AvgIpc) is 3.33. The van der Waals surface area contributed by atoms with E-state index in [0.717, 1.165) is 0 Å². The van der Waals surface area contributed by atoms with Crippen LogP contribution in [0.5, 0.6) is 0 Å². The molecule has 0 atom stereocenters. The van der Waals surface area contributed by atoms with Crippen molar-refractivity contribution in [1.82, 2.24) is 10.1 Å². The molecule has 4 rings (SSSR count). The van der Waals surface area contributed by atoms with Crippen molar-refractivity contribution in [2.75, 3.05) is 23.1 Å². The minimum atomic E-state index is -3.86. The van der Waals surface area contributed by atoms with E-state index >= 15 is 0 Å². The number of hydrogen-bond donors (Lipinski definition) is 2. The molecule has 0 saturated carbocycles. The van der Waals surface area contributed by atoms with Crippen LogP contribution in [0.3, 0.4) is 0 Å². The zero-order valence-electron chi connectivity index (χ0n) is 16.8. The van der Waals surface area contributed by atoms with Crippen LogP contribution in [-0.4, -0.2) is 43.4 Å². The van der Waals surface area contributed by atoms with Crippen LogP contribution in [0.25, 0.3) is 0 Å². The van der Waals surface area contributed by atoms with Gasteiger partial charge in [0.1, 0.15) is 0 Å². The standard InChI is InChI=1S/C20H20N4O5S2/c1-12-13(2)22-29-19(12)23-31(27,28)16-7-5-15(6-8-16)21-18(25)14-10-24(11-14)20(26)17-4-3-9-30-17/h3-9,14,23H,10-11H2,1-2H3,(H,21,25). The van der Waals surface area contributed by atoms with Gasteiger partial charge in [0.25, 0.3) is 15.9 Å². The second-order valence-electron chi connectivity index (χ2n) is 7.23. The Morgan fingerprint density at radius 2 is 1.87 bits per heavy atom. The van der Waals surface area contributed by atoms with Crippen LogP contribution in [-0.2, 0) is 14.8 Å². The summed E-state index contributed by atoms with van der Waals surface area (Å²) in [5, 5.41) is 8.33. The number of rotatable bonds is 6. The first-order valence-corrected chi connectivity index (χ1v) is 11.8. The molecule has 1 saturated heterocycles. The van der Waals surface area contributed by atoms with Crippen LogP contribution in [0, 0.1) is 19.8 Å². The number of benzene rings is 1. The summed E-state index contributed by atoms with van der Waals surface area (Å²) < 4.78 is 32.4. The predicted octanol–water partition coefficient (Wildman–Crippen LogP) is 2.86. The third-order valence-electron chi connectivity index (χ3n) is 5.09. The van der Waals surface area contributed by atoms with E-state index < -0.39 is 10.0 Å². The van der Waals surface area contributed by atoms with Crippen LogP contribution in [0.15, 0.2) is 51.2 Å². The van der Waals surface area contributed by atoms with Gasteiger partial charge in [-0.1, -0.05) is 11.2 Å². The van der Waals surface area contributed by atoms with E-state index in [1.165, 1.54) is 35.6 Å². The molecule has 2 amide bonds. The Kier molecular flexibility index (Phi) is 5.54. The number of likely N-dealkylation sites (tertiary alicyclic amines) is 1. The molecule has 11 heteroatoms. The van der Waals surface area contributed by atoms with Gasteiger partial charge in [0.05, 0.1) is 21.4 Å². The summed E-state index contributed by atoms with van der Waals surface area (Å²) in [5.41, 5.74) is 1.68. The monoisotopic (exact) mass is 460 g/mol. The first-order chi connectivity index (χ1) is 14.7. The van der Waals surface area contributed by atoms with Gasteiger partial charge < -0.3 is 14.7 Å². The van der Waals surface area contributed by atoms with Gasteiger partial charge in [-0.3, -0.25) is 9.59 Å². The molecule has 3 aromatic rings. The Hall–Kier alpha value is -3.18. The van der Waals surface area contributed by atoms with E-state index in [1.807, 2.05) is 11.4 Å². The molecule has 1 aliphatic rings. The molecule has 3 heterocycles. The van der Waals surface area contributed by atoms with Crippen molar-refractivity contribution in [3.8, 4) is 0 Å². The summed E-state index contributed by atoms with van der Waals surface area (Å²) in [7, 11) is -3.86. The van der Waals surface area contributed by atoms with E-state index in [4.69, 9.17) is 4.52 Å². The molecule has 0 aliphatic carbocycles. The third kappa shape index (κ3) is 4.32. The van der Waals surface area contributed by atoms with Gasteiger partial charge >= 0.3 is 0 Å². The first kappa shape index (κ1) is 21.1. The molecular weight excluding hydrogens is 440 g/mol. The third-order valence-corrected chi connectivity index (χ3v) is 7.29. The van der Waals surface area contributed by atoms with E-state index in [0.29, 0.717) is 34.9 Å². The fourth-order valence-corrected chi connectivity index (χ4v) is 4.76. The Morgan fingerprint density at radius 3 is 2.45 bits per heavy atom. The SMILES string of the molecule is Cc1noc(NS(=O)(=O)c2ccc(NC(=O)C3CN(C(=O)c4cccs4)C3)cc2)c1C. The topological polar surface area (TPSA) is 122 Å². The van der Waals surface area contributed by atoms with Crippen LogP contribution >= 0.6 is 11.3 Å². The molecule has 162 valence electrons. The van der Waals surface area contributed by atoms with Crippen LogP contribution in [0.1, 0.15) is 20.9 Å². The highest BCUT2D eigenvalue weighted by Gasteiger charge is 2.36. The lowest BCUT2D eigenvalue weighted by molar-refractivity contribution is -0.123. The Bertz CT molecular complexity index is 1210. The number of aryl methyl sites for hydroxylation is 1. The van der Waals surface area contributed by atoms with Crippen LogP contribution < -0.4 is 10.0 Å². The van der Waals surface area contributed by atoms with Gasteiger partial charge in [0, 0.05) is 24.3 Å². The molecule has 2 aromatic heterocycles. The summed E-state index contributed by atoms with van der Waals surface area (Å²) in [6.07, 6.45) is 0. The van der Waals surface area contributed by atoms with Crippen LogP contribution in [0.2, 0.25) is 0 Å². The number of carbonyl (C=O) groups excluding carboxylic acids is 2. The number of sulfonamides is 1. The highest BCUT2D eigenvalue weighted by molar-refractivity contribution is 7.92. The summed E-state index contributed by atoms with van der Waals surface area (Å²) >= 11 is 1.37. The summed E-state index contributed by atoms with van der Waals surface area (Å²) in [6, 6.07) is 9.38. The van der Waals surface area contributed by atoms with Gasteiger partial charge in [-0.25, -0.2) is 13.1 Å². The molecule has 1 aliphatic heterocycles. The second kappa shape index (κ2) is 8.16. The van der Waals surface area contributed by atoms with Crippen molar-refractivity contribution in [3.05, 3.63) is 57.9 Å². The molecule has 1 fully saturated rings. The quantitative estimate of drug-likeness (QED) is 0.583. The van der Waals surface area contributed by atoms with Gasteiger partial charge in [0.15, 0.2) is 0 Å². The smallest absolute Gasteiger partial charge is 0.264 e. The van der Waals surface area contributed by atoms with Gasteiger partial charge in [-0.05, 0) is 49.6 Å². The predicted molar refractivity (Wildman–Crippen MR) is 116 cm³/mol. The van der Waals surface area contributed by atoms with E-state index in [2.05, 4.69) is 15.2 Å². The van der Waals surface area contributed by atoms with Crippen molar-refractivity contribution in [2.24, 2.45) is 5.92 Å². The molecule has 0 bridgehead atoms. The van der Waals surface area contributed by atoms with Crippen molar-refractivity contribution in [3.63, 3.8) is 0 Å². The lowest BCUT2D eigenvalue weighted by Gasteiger charge is -2.37. The Balaban J connectivity index is 1.34. The van der Waals surface area contributed by atoms with Crippen molar-refractivity contribution < 1.29 is 22.5 Å². The lowest BCUT2D eigenvalue weighted by Crippen LogP contribution is -2.54. The maximum atomic E-state index is 12.5. The van der Waals surface area contributed by atoms with E-state index in [1.54, 1.807) is 24.8 Å². The van der Waals surface area contributed by atoms with Gasteiger partial charge in [-0.15, -0.1) is 11.3 Å². The van der Waals surface area contributed by atoms with E-state index in [-0.39, 0.29) is 28.5 Å². The van der Waals surface area contributed by atoms with Crippen molar-refractivity contribution in [2.45, 2.75) is 18.7 Å². The van der Waals surface area contributed by atoms with Gasteiger partial charge in [-0.2, -0.15) is 0 Å². The summed E-state index contributed by atoms with van der Waals surface area (Å²) in [4.78, 5) is 27.0. The number of hydrogen-bond acceptors (Lipinski definition) is 7.